The van der Waals surface area contributed by atoms with Crippen LogP contribution in [0.15, 0.2) is 48.0 Å². The minimum Gasteiger partial charge on any atom is -0.495 e. The molecule has 6 heteroatoms. The van der Waals surface area contributed by atoms with Gasteiger partial charge < -0.3 is 14.8 Å². The molecular formula is C18H15ClN2O3. The second kappa shape index (κ2) is 8.04. The standard InChI is InChI=1S/C18H15ClN2O3/c1-23-16-10-15(17(24-2)9-14(16)19)21-18(22)13(11-20)8-12-6-4-3-5-7-12/h3-10H,1-2H3,(H,21,22)/b13-8+. The zero-order chi connectivity index (χ0) is 17.5. The van der Waals surface area contributed by atoms with Crippen LogP contribution >= 0.6 is 11.6 Å². The Morgan fingerprint density at radius 3 is 2.42 bits per heavy atom. The van der Waals surface area contributed by atoms with Crippen molar-refractivity contribution in [1.82, 2.24) is 0 Å². The van der Waals surface area contributed by atoms with Crippen molar-refractivity contribution >= 4 is 29.3 Å². The quantitative estimate of drug-likeness (QED) is 0.660. The Hall–Kier alpha value is -2.97. The number of halogens is 1. The molecule has 1 amide bonds. The third-order valence-corrected chi connectivity index (χ3v) is 3.49. The molecule has 2 aromatic rings. The van der Waals surface area contributed by atoms with Crippen LogP contribution in [-0.4, -0.2) is 20.1 Å². The van der Waals surface area contributed by atoms with E-state index in [2.05, 4.69) is 5.32 Å². The number of nitriles is 1. The van der Waals surface area contributed by atoms with Gasteiger partial charge in [0.05, 0.1) is 24.9 Å². The van der Waals surface area contributed by atoms with Crippen LogP contribution in [0.2, 0.25) is 5.02 Å². The van der Waals surface area contributed by atoms with E-state index in [0.717, 1.165) is 5.56 Å². The number of anilines is 1. The van der Waals surface area contributed by atoms with Gasteiger partial charge in [-0.15, -0.1) is 0 Å². The average molecular weight is 343 g/mol. The van der Waals surface area contributed by atoms with Gasteiger partial charge in [-0.05, 0) is 11.6 Å². The summed E-state index contributed by atoms with van der Waals surface area (Å²) in [6.45, 7) is 0. The van der Waals surface area contributed by atoms with Gasteiger partial charge in [0.1, 0.15) is 23.1 Å². The fourth-order valence-corrected chi connectivity index (χ4v) is 2.24. The van der Waals surface area contributed by atoms with Crippen molar-refractivity contribution in [1.29, 1.82) is 5.26 Å². The second-order valence-corrected chi connectivity index (χ2v) is 5.13. The lowest BCUT2D eigenvalue weighted by molar-refractivity contribution is -0.112. The van der Waals surface area contributed by atoms with Gasteiger partial charge in [-0.1, -0.05) is 41.9 Å². The van der Waals surface area contributed by atoms with Crippen molar-refractivity contribution in [3.05, 3.63) is 58.6 Å². The normalized spacial score (nSPS) is 10.7. The lowest BCUT2D eigenvalue weighted by Gasteiger charge is -2.13. The van der Waals surface area contributed by atoms with E-state index in [4.69, 9.17) is 21.1 Å². The van der Waals surface area contributed by atoms with Crippen LogP contribution in [0.4, 0.5) is 5.69 Å². The Labute approximate surface area is 145 Å². The van der Waals surface area contributed by atoms with E-state index >= 15 is 0 Å². The number of benzene rings is 2. The molecule has 0 radical (unpaired) electrons. The second-order valence-electron chi connectivity index (χ2n) is 4.72. The fraction of sp³-hybridized carbons (Fsp3) is 0.111. The Kier molecular flexibility index (Phi) is 5.83. The zero-order valence-electron chi connectivity index (χ0n) is 13.2. The average Bonchev–Trinajstić information content (AvgIpc) is 2.61. The SMILES string of the molecule is COc1cc(NC(=O)/C(C#N)=C/c2ccccc2)c(OC)cc1Cl. The minimum absolute atomic E-state index is 0.0304. The molecule has 0 atom stereocenters. The van der Waals surface area contributed by atoms with Crippen molar-refractivity contribution in [2.45, 2.75) is 0 Å². The highest BCUT2D eigenvalue weighted by Crippen LogP contribution is 2.36. The molecule has 0 aliphatic heterocycles. The van der Waals surface area contributed by atoms with Gasteiger partial charge in [0.25, 0.3) is 5.91 Å². The summed E-state index contributed by atoms with van der Waals surface area (Å²) in [6, 6.07) is 14.1. The lowest BCUT2D eigenvalue weighted by Crippen LogP contribution is -2.14. The number of hydrogen-bond acceptors (Lipinski definition) is 4. The number of amides is 1. The van der Waals surface area contributed by atoms with Gasteiger partial charge in [0, 0.05) is 12.1 Å². The molecule has 0 heterocycles. The van der Waals surface area contributed by atoms with E-state index in [9.17, 15) is 10.1 Å². The van der Waals surface area contributed by atoms with Crippen molar-refractivity contribution in [2.75, 3.05) is 19.5 Å². The summed E-state index contributed by atoms with van der Waals surface area (Å²) >= 11 is 6.03. The highest BCUT2D eigenvalue weighted by atomic mass is 35.5. The van der Waals surface area contributed by atoms with Crippen LogP contribution in [0.25, 0.3) is 6.08 Å². The Morgan fingerprint density at radius 1 is 1.17 bits per heavy atom. The summed E-state index contributed by atoms with van der Waals surface area (Å²) in [6.07, 6.45) is 1.51. The minimum atomic E-state index is -0.552. The first-order valence-corrected chi connectivity index (χ1v) is 7.36. The lowest BCUT2D eigenvalue weighted by atomic mass is 10.1. The molecule has 0 aliphatic carbocycles. The molecule has 0 aromatic heterocycles. The molecule has 5 nitrogen and oxygen atoms in total. The van der Waals surface area contributed by atoms with Crippen molar-refractivity contribution < 1.29 is 14.3 Å². The van der Waals surface area contributed by atoms with Gasteiger partial charge in [0.2, 0.25) is 0 Å². The number of nitrogens with zero attached hydrogens (tertiary/aromatic N) is 1. The van der Waals surface area contributed by atoms with Crippen LogP contribution in [-0.2, 0) is 4.79 Å². The third kappa shape index (κ3) is 4.06. The van der Waals surface area contributed by atoms with E-state index in [1.165, 1.54) is 32.4 Å². The number of methoxy groups -OCH3 is 2. The van der Waals surface area contributed by atoms with Crippen LogP contribution in [0.5, 0.6) is 11.5 Å². The molecule has 1 N–H and O–H groups in total. The van der Waals surface area contributed by atoms with E-state index < -0.39 is 5.91 Å². The molecule has 0 unspecified atom stereocenters. The van der Waals surface area contributed by atoms with E-state index in [-0.39, 0.29) is 5.57 Å². The van der Waals surface area contributed by atoms with Gasteiger partial charge in [-0.25, -0.2) is 0 Å². The molecule has 0 fully saturated rings. The summed E-state index contributed by atoms with van der Waals surface area (Å²) in [7, 11) is 2.92. The number of nitrogens with one attached hydrogen (secondary N) is 1. The predicted octanol–water partition coefficient (Wildman–Crippen LogP) is 3.90. The molecule has 2 aromatic carbocycles. The number of ether oxygens (including phenoxy) is 2. The first kappa shape index (κ1) is 17.4. The number of carbonyl (C=O) groups excluding carboxylic acids is 1. The molecule has 0 aliphatic rings. The summed E-state index contributed by atoms with van der Waals surface area (Å²) < 4.78 is 10.3. The molecule has 0 saturated carbocycles. The summed E-state index contributed by atoms with van der Waals surface area (Å²) in [5.41, 5.74) is 1.08. The van der Waals surface area contributed by atoms with Crippen molar-refractivity contribution in [3.63, 3.8) is 0 Å². The Morgan fingerprint density at radius 2 is 1.83 bits per heavy atom. The van der Waals surface area contributed by atoms with Crippen molar-refractivity contribution in [2.24, 2.45) is 0 Å². The maximum absolute atomic E-state index is 12.4. The van der Waals surface area contributed by atoms with Crippen molar-refractivity contribution in [3.8, 4) is 17.6 Å². The molecule has 24 heavy (non-hydrogen) atoms. The van der Waals surface area contributed by atoms with Crippen LogP contribution < -0.4 is 14.8 Å². The van der Waals surface area contributed by atoms with E-state index in [1.54, 1.807) is 12.1 Å². The highest BCUT2D eigenvalue weighted by molar-refractivity contribution is 6.32. The molecular weight excluding hydrogens is 328 g/mol. The van der Waals surface area contributed by atoms with Gasteiger partial charge >= 0.3 is 0 Å². The Balaban J connectivity index is 2.31. The maximum Gasteiger partial charge on any atom is 0.266 e. The third-order valence-electron chi connectivity index (χ3n) is 3.20. The molecule has 2 rings (SSSR count). The number of rotatable bonds is 5. The smallest absolute Gasteiger partial charge is 0.266 e. The van der Waals surface area contributed by atoms with Gasteiger partial charge in [0.15, 0.2) is 0 Å². The predicted molar refractivity (Wildman–Crippen MR) is 93.2 cm³/mol. The number of hydrogen-bond donors (Lipinski definition) is 1. The van der Waals surface area contributed by atoms with E-state index in [1.807, 2.05) is 24.3 Å². The van der Waals surface area contributed by atoms with Crippen LogP contribution in [0.1, 0.15) is 5.56 Å². The topological polar surface area (TPSA) is 71.3 Å². The molecule has 0 spiro atoms. The van der Waals surface area contributed by atoms with Crippen LogP contribution in [0, 0.1) is 11.3 Å². The summed E-state index contributed by atoms with van der Waals surface area (Å²) in [5, 5.41) is 12.2. The fourth-order valence-electron chi connectivity index (χ4n) is 2.01. The summed E-state index contributed by atoms with van der Waals surface area (Å²) in [5.74, 6) is 0.202. The summed E-state index contributed by atoms with van der Waals surface area (Å²) in [4.78, 5) is 12.4. The first-order valence-electron chi connectivity index (χ1n) is 6.98. The highest BCUT2D eigenvalue weighted by Gasteiger charge is 2.15. The molecule has 0 bridgehead atoms. The van der Waals surface area contributed by atoms with Gasteiger partial charge in [-0.2, -0.15) is 5.26 Å². The number of carbonyl (C=O) groups is 1. The maximum atomic E-state index is 12.4. The molecule has 0 saturated heterocycles. The van der Waals surface area contributed by atoms with Gasteiger partial charge in [-0.3, -0.25) is 4.79 Å². The van der Waals surface area contributed by atoms with Crippen LogP contribution in [0.3, 0.4) is 0 Å². The first-order chi connectivity index (χ1) is 11.6. The molecule has 122 valence electrons. The Bertz CT molecular complexity index is 811. The zero-order valence-corrected chi connectivity index (χ0v) is 13.9. The largest absolute Gasteiger partial charge is 0.495 e. The monoisotopic (exact) mass is 342 g/mol. The van der Waals surface area contributed by atoms with E-state index in [0.29, 0.717) is 22.2 Å².